The van der Waals surface area contributed by atoms with E-state index in [9.17, 15) is 13.6 Å². The number of aryl methyl sites for hydroxylation is 1. The highest BCUT2D eigenvalue weighted by atomic mass is 19.1. The molecule has 0 aromatic heterocycles. The average molecular weight is 357 g/mol. The van der Waals surface area contributed by atoms with Crippen molar-refractivity contribution in [2.24, 2.45) is 0 Å². The molecule has 4 heteroatoms. The number of carbonyl (C=O) groups is 1. The van der Waals surface area contributed by atoms with Crippen LogP contribution in [-0.4, -0.2) is 24.3 Å². The molecular formula is C22H25F2NO. The van der Waals surface area contributed by atoms with Crippen LogP contribution in [0.4, 0.5) is 8.78 Å². The second kappa shape index (κ2) is 8.09. The highest BCUT2D eigenvalue weighted by Crippen LogP contribution is 2.26. The van der Waals surface area contributed by atoms with Crippen molar-refractivity contribution in [3.05, 3.63) is 69.8 Å². The van der Waals surface area contributed by atoms with Crippen molar-refractivity contribution in [2.45, 2.75) is 51.6 Å². The van der Waals surface area contributed by atoms with Gasteiger partial charge in [0, 0.05) is 30.6 Å². The van der Waals surface area contributed by atoms with Gasteiger partial charge in [0.05, 0.1) is 0 Å². The molecule has 2 aromatic rings. The number of halogens is 2. The van der Waals surface area contributed by atoms with Gasteiger partial charge in [-0.2, -0.15) is 0 Å². The molecule has 2 nitrogen and oxygen atoms in total. The van der Waals surface area contributed by atoms with Gasteiger partial charge < -0.3 is 0 Å². The van der Waals surface area contributed by atoms with Crippen molar-refractivity contribution < 1.29 is 13.6 Å². The van der Waals surface area contributed by atoms with E-state index in [1.54, 1.807) is 0 Å². The third-order valence-electron chi connectivity index (χ3n) is 5.49. The minimum Gasteiger partial charge on any atom is -0.299 e. The molecule has 0 radical (unpaired) electrons. The van der Waals surface area contributed by atoms with Crippen molar-refractivity contribution in [2.75, 3.05) is 7.05 Å². The van der Waals surface area contributed by atoms with Crippen LogP contribution in [0.5, 0.6) is 0 Å². The summed E-state index contributed by atoms with van der Waals surface area (Å²) in [5, 5.41) is 0. The van der Waals surface area contributed by atoms with Crippen LogP contribution in [0, 0.1) is 18.6 Å². The van der Waals surface area contributed by atoms with E-state index in [2.05, 4.69) is 11.9 Å². The minimum absolute atomic E-state index is 0.345. The highest BCUT2D eigenvalue weighted by Gasteiger charge is 2.20. The Bertz CT molecular complexity index is 797. The minimum atomic E-state index is -0.582. The van der Waals surface area contributed by atoms with Crippen LogP contribution in [0.15, 0.2) is 30.3 Å². The number of benzene rings is 2. The van der Waals surface area contributed by atoms with Crippen LogP contribution in [0.2, 0.25) is 0 Å². The first-order chi connectivity index (χ1) is 12.5. The van der Waals surface area contributed by atoms with Gasteiger partial charge in [-0.1, -0.05) is 25.0 Å². The lowest BCUT2D eigenvalue weighted by Gasteiger charge is -2.25. The van der Waals surface area contributed by atoms with Crippen molar-refractivity contribution in [3.63, 3.8) is 0 Å². The molecule has 0 amide bonds. The van der Waals surface area contributed by atoms with E-state index in [1.807, 2.05) is 19.1 Å². The second-order valence-electron chi connectivity index (χ2n) is 7.36. The second-order valence-corrected chi connectivity index (χ2v) is 7.36. The summed E-state index contributed by atoms with van der Waals surface area (Å²) in [5.41, 5.74) is 4.01. The fraction of sp³-hybridized carbons (Fsp3) is 0.409. The predicted molar refractivity (Wildman–Crippen MR) is 99.5 cm³/mol. The molecule has 0 heterocycles. The van der Waals surface area contributed by atoms with Gasteiger partial charge >= 0.3 is 0 Å². The lowest BCUT2D eigenvalue weighted by molar-refractivity contribution is 0.112. The van der Waals surface area contributed by atoms with E-state index in [0.717, 1.165) is 35.6 Å². The fourth-order valence-corrected chi connectivity index (χ4v) is 3.88. The van der Waals surface area contributed by atoms with Crippen LogP contribution in [0.25, 0.3) is 0 Å². The number of nitrogens with zero attached hydrogens (tertiary/aromatic N) is 1. The number of hydrogen-bond donors (Lipinski definition) is 0. The lowest BCUT2D eigenvalue weighted by Crippen LogP contribution is -2.29. The Morgan fingerprint density at radius 1 is 1.08 bits per heavy atom. The normalized spacial score (nSPS) is 15.0. The highest BCUT2D eigenvalue weighted by molar-refractivity contribution is 5.78. The Balaban J connectivity index is 1.83. The summed E-state index contributed by atoms with van der Waals surface area (Å²) in [6, 6.07) is 8.10. The van der Waals surface area contributed by atoms with E-state index in [0.29, 0.717) is 23.6 Å². The topological polar surface area (TPSA) is 20.3 Å². The van der Waals surface area contributed by atoms with Crippen LogP contribution in [0.3, 0.4) is 0 Å². The summed E-state index contributed by atoms with van der Waals surface area (Å²) in [6.45, 7) is 2.72. The summed E-state index contributed by atoms with van der Waals surface area (Å²) in [4.78, 5) is 13.9. The zero-order valence-electron chi connectivity index (χ0n) is 15.4. The summed E-state index contributed by atoms with van der Waals surface area (Å²) in [6.07, 6.45) is 6.20. The molecule has 138 valence electrons. The molecule has 0 N–H and O–H groups in total. The van der Waals surface area contributed by atoms with Crippen molar-refractivity contribution in [1.82, 2.24) is 4.90 Å². The van der Waals surface area contributed by atoms with Gasteiger partial charge in [0.25, 0.3) is 0 Å². The van der Waals surface area contributed by atoms with Crippen molar-refractivity contribution in [3.8, 4) is 0 Å². The van der Waals surface area contributed by atoms with Crippen LogP contribution < -0.4 is 0 Å². The van der Waals surface area contributed by atoms with E-state index in [4.69, 9.17) is 0 Å². The predicted octanol–water partition coefficient (Wildman–Crippen LogP) is 5.05. The maximum atomic E-state index is 14.0. The molecule has 0 bridgehead atoms. The van der Waals surface area contributed by atoms with E-state index < -0.39 is 11.6 Å². The van der Waals surface area contributed by atoms with Gasteiger partial charge in [0.15, 0.2) is 0 Å². The largest absolute Gasteiger partial charge is 0.299 e. The summed E-state index contributed by atoms with van der Waals surface area (Å²) >= 11 is 0. The molecule has 3 rings (SSSR count). The molecule has 0 aliphatic heterocycles. The van der Waals surface area contributed by atoms with Gasteiger partial charge in [-0.25, -0.2) is 8.78 Å². The molecule has 0 atom stereocenters. The first kappa shape index (κ1) is 18.7. The number of carbonyl (C=O) groups excluding carboxylic acids is 1. The number of rotatable bonds is 6. The molecule has 1 aliphatic rings. The maximum absolute atomic E-state index is 14.0. The molecule has 1 aliphatic carbocycles. The summed E-state index contributed by atoms with van der Waals surface area (Å²) < 4.78 is 27.1. The molecule has 0 saturated heterocycles. The Kier molecular flexibility index (Phi) is 5.82. The lowest BCUT2D eigenvalue weighted by atomic mass is 9.94. The van der Waals surface area contributed by atoms with Gasteiger partial charge in [0.2, 0.25) is 0 Å². The van der Waals surface area contributed by atoms with Crippen molar-refractivity contribution in [1.29, 1.82) is 0 Å². The monoisotopic (exact) mass is 357 g/mol. The number of aldehydes is 1. The Morgan fingerprint density at radius 3 is 2.46 bits per heavy atom. The molecule has 1 saturated carbocycles. The van der Waals surface area contributed by atoms with E-state index in [1.165, 1.54) is 37.8 Å². The van der Waals surface area contributed by atoms with Crippen LogP contribution in [0.1, 0.15) is 58.3 Å². The molecule has 26 heavy (non-hydrogen) atoms. The quantitative estimate of drug-likeness (QED) is 0.674. The smallest absolute Gasteiger partial charge is 0.150 e. The van der Waals surface area contributed by atoms with Crippen LogP contribution in [-0.2, 0) is 13.0 Å². The Morgan fingerprint density at radius 2 is 1.81 bits per heavy atom. The molecule has 2 aromatic carbocycles. The van der Waals surface area contributed by atoms with Gasteiger partial charge in [-0.05, 0) is 61.2 Å². The Hall–Kier alpha value is -2.07. The third kappa shape index (κ3) is 4.18. The molecular weight excluding hydrogens is 332 g/mol. The zero-order chi connectivity index (χ0) is 18.7. The first-order valence-corrected chi connectivity index (χ1v) is 9.19. The maximum Gasteiger partial charge on any atom is 0.150 e. The molecule has 0 unspecified atom stereocenters. The molecule has 0 spiro atoms. The van der Waals surface area contributed by atoms with Crippen LogP contribution >= 0.6 is 0 Å². The number of hydrogen-bond acceptors (Lipinski definition) is 2. The van der Waals surface area contributed by atoms with Gasteiger partial charge in [-0.3, -0.25) is 9.69 Å². The van der Waals surface area contributed by atoms with Crippen molar-refractivity contribution >= 4 is 6.29 Å². The van der Waals surface area contributed by atoms with E-state index in [-0.39, 0.29) is 0 Å². The summed E-state index contributed by atoms with van der Waals surface area (Å²) in [7, 11) is 2.11. The van der Waals surface area contributed by atoms with Gasteiger partial charge in [0.1, 0.15) is 17.9 Å². The Labute approximate surface area is 153 Å². The molecule has 1 fully saturated rings. The SMILES string of the molecule is Cc1cc(CN(C)C2CCCC2)c(C=O)cc1Cc1ccc(F)cc1F. The average Bonchev–Trinajstić information content (AvgIpc) is 3.14. The van der Waals surface area contributed by atoms with Gasteiger partial charge in [-0.15, -0.1) is 0 Å². The standard InChI is InChI=1S/C22H25F2NO/c1-15-9-18(13-25(2)21-5-3-4-6-21)19(14-26)11-17(15)10-16-7-8-20(23)12-22(16)24/h7-9,11-12,14,21H,3-6,10,13H2,1-2H3. The summed E-state index contributed by atoms with van der Waals surface area (Å²) in [5.74, 6) is -1.14. The zero-order valence-corrected chi connectivity index (χ0v) is 15.4. The van der Waals surface area contributed by atoms with E-state index >= 15 is 0 Å². The first-order valence-electron chi connectivity index (χ1n) is 9.19. The fourth-order valence-electron chi connectivity index (χ4n) is 3.88. The third-order valence-corrected chi connectivity index (χ3v) is 5.49.